The fourth-order valence-corrected chi connectivity index (χ4v) is 5.09. The first kappa shape index (κ1) is 22.8. The second-order valence-electron chi connectivity index (χ2n) is 7.85. The molecule has 0 saturated carbocycles. The van der Waals surface area contributed by atoms with Gasteiger partial charge in [-0.1, -0.05) is 0 Å². The number of aromatic nitrogens is 4. The highest BCUT2D eigenvalue weighted by Gasteiger charge is 2.54. The molecule has 0 amide bonds. The van der Waals surface area contributed by atoms with Crippen LogP contribution in [0.4, 0.5) is 23.5 Å². The number of nitrogens with one attached hydrogen (secondary N) is 1. The van der Waals surface area contributed by atoms with Crippen LogP contribution in [0.2, 0.25) is 0 Å². The highest BCUT2D eigenvalue weighted by molar-refractivity contribution is 7.22. The van der Waals surface area contributed by atoms with E-state index in [1.54, 1.807) is 6.92 Å². The third-order valence-electron chi connectivity index (χ3n) is 5.52. The SMILES string of the molecule is Cc1c(-c2nc(N[C@@H]3CCOC[C@H]3O)ncc2F)sc2c(C(C)(O)C(F)(F)F)n(C)nc12. The van der Waals surface area contributed by atoms with Crippen molar-refractivity contribution < 1.29 is 32.5 Å². The van der Waals surface area contributed by atoms with Crippen LogP contribution in [-0.2, 0) is 17.4 Å². The molecule has 1 fully saturated rings. The first-order valence-electron chi connectivity index (χ1n) is 9.72. The van der Waals surface area contributed by atoms with Gasteiger partial charge in [0.05, 0.1) is 40.2 Å². The van der Waals surface area contributed by atoms with Gasteiger partial charge in [0.2, 0.25) is 11.5 Å². The molecule has 8 nitrogen and oxygen atoms in total. The van der Waals surface area contributed by atoms with E-state index in [1.165, 1.54) is 7.05 Å². The zero-order valence-corrected chi connectivity index (χ0v) is 18.2. The van der Waals surface area contributed by atoms with Gasteiger partial charge in [-0.15, -0.1) is 11.3 Å². The van der Waals surface area contributed by atoms with Crippen molar-refractivity contribution in [3.05, 3.63) is 23.3 Å². The molecular formula is C19H21F4N5O3S. The molecule has 3 aromatic heterocycles. The van der Waals surface area contributed by atoms with Crippen LogP contribution >= 0.6 is 11.3 Å². The van der Waals surface area contributed by atoms with E-state index in [4.69, 9.17) is 4.74 Å². The number of rotatable bonds is 4. The summed E-state index contributed by atoms with van der Waals surface area (Å²) >= 11 is 0.866. The molecule has 4 rings (SSSR count). The topological polar surface area (TPSA) is 105 Å². The minimum absolute atomic E-state index is 0.0702. The van der Waals surface area contributed by atoms with E-state index in [9.17, 15) is 27.8 Å². The Labute approximate surface area is 183 Å². The third-order valence-corrected chi connectivity index (χ3v) is 6.81. The number of halogens is 4. The van der Waals surface area contributed by atoms with Gasteiger partial charge in [0.1, 0.15) is 11.2 Å². The number of ether oxygens (including phenoxy) is 1. The Kier molecular flexibility index (Phi) is 5.64. The van der Waals surface area contributed by atoms with Crippen LogP contribution in [0.3, 0.4) is 0 Å². The van der Waals surface area contributed by atoms with Crippen molar-refractivity contribution in [1.29, 1.82) is 0 Å². The molecule has 0 radical (unpaired) electrons. The van der Waals surface area contributed by atoms with Gasteiger partial charge in [-0.2, -0.15) is 18.3 Å². The predicted molar refractivity (Wildman–Crippen MR) is 109 cm³/mol. The van der Waals surface area contributed by atoms with Crippen LogP contribution in [0, 0.1) is 12.7 Å². The van der Waals surface area contributed by atoms with Gasteiger partial charge >= 0.3 is 6.18 Å². The lowest BCUT2D eigenvalue weighted by molar-refractivity contribution is -0.260. The van der Waals surface area contributed by atoms with Crippen LogP contribution in [0.5, 0.6) is 0 Å². The number of fused-ring (bicyclic) bond motifs is 1. The van der Waals surface area contributed by atoms with Gasteiger partial charge in [-0.05, 0) is 25.8 Å². The van der Waals surface area contributed by atoms with Gasteiger partial charge in [-0.3, -0.25) is 4.68 Å². The Morgan fingerprint density at radius 3 is 2.72 bits per heavy atom. The Balaban J connectivity index is 1.78. The molecule has 32 heavy (non-hydrogen) atoms. The first-order chi connectivity index (χ1) is 14.9. The van der Waals surface area contributed by atoms with Gasteiger partial charge in [0, 0.05) is 13.7 Å². The lowest BCUT2D eigenvalue weighted by Gasteiger charge is -2.28. The van der Waals surface area contributed by atoms with Crippen molar-refractivity contribution in [2.45, 2.75) is 44.2 Å². The van der Waals surface area contributed by atoms with Gasteiger partial charge in [-0.25, -0.2) is 14.4 Å². The fourth-order valence-electron chi connectivity index (χ4n) is 3.68. The molecular weight excluding hydrogens is 454 g/mol. The maximum absolute atomic E-state index is 14.7. The molecule has 1 aliphatic rings. The highest BCUT2D eigenvalue weighted by Crippen LogP contribution is 2.46. The van der Waals surface area contributed by atoms with E-state index in [2.05, 4.69) is 20.4 Å². The van der Waals surface area contributed by atoms with Crippen molar-refractivity contribution in [3.8, 4) is 10.6 Å². The monoisotopic (exact) mass is 475 g/mol. The zero-order valence-electron chi connectivity index (χ0n) is 17.4. The van der Waals surface area contributed by atoms with Crippen molar-refractivity contribution in [3.63, 3.8) is 0 Å². The van der Waals surface area contributed by atoms with Crippen LogP contribution in [0.1, 0.15) is 24.6 Å². The minimum Gasteiger partial charge on any atom is -0.389 e. The van der Waals surface area contributed by atoms with Gasteiger partial charge in [0.15, 0.2) is 5.82 Å². The number of alkyl halides is 3. The fraction of sp³-hybridized carbons (Fsp3) is 0.526. The molecule has 1 saturated heterocycles. The molecule has 0 aromatic carbocycles. The number of nitrogens with zero attached hydrogens (tertiary/aromatic N) is 4. The van der Waals surface area contributed by atoms with Crippen molar-refractivity contribution in [2.75, 3.05) is 18.5 Å². The second-order valence-corrected chi connectivity index (χ2v) is 8.87. The van der Waals surface area contributed by atoms with Crippen LogP contribution in [0.25, 0.3) is 20.8 Å². The molecule has 4 heterocycles. The summed E-state index contributed by atoms with van der Waals surface area (Å²) in [6.45, 7) is 2.84. The molecule has 0 bridgehead atoms. The molecule has 1 aliphatic heterocycles. The number of aliphatic hydroxyl groups is 2. The summed E-state index contributed by atoms with van der Waals surface area (Å²) in [6.07, 6.45) is -4.27. The maximum Gasteiger partial charge on any atom is 0.422 e. The van der Waals surface area contributed by atoms with Crippen LogP contribution in [-0.4, -0.2) is 61.5 Å². The highest BCUT2D eigenvalue weighted by atomic mass is 32.1. The normalized spacial score (nSPS) is 21.7. The van der Waals surface area contributed by atoms with Crippen molar-refractivity contribution >= 4 is 27.5 Å². The number of thiophene rings is 1. The van der Waals surface area contributed by atoms with E-state index in [0.717, 1.165) is 22.2 Å². The molecule has 13 heteroatoms. The predicted octanol–water partition coefficient (Wildman–Crippen LogP) is 2.87. The lowest BCUT2D eigenvalue weighted by Crippen LogP contribution is -2.42. The largest absolute Gasteiger partial charge is 0.422 e. The summed E-state index contributed by atoms with van der Waals surface area (Å²) in [5, 5.41) is 27.4. The molecule has 174 valence electrons. The number of hydrogen-bond donors (Lipinski definition) is 3. The summed E-state index contributed by atoms with van der Waals surface area (Å²) in [5.74, 6) is -0.690. The number of aryl methyl sites for hydroxylation is 2. The minimum atomic E-state index is -4.94. The van der Waals surface area contributed by atoms with E-state index >= 15 is 0 Å². The standard InChI is InChI=1S/C19H21F4N5O3S/c1-8-12-15(16(28(3)27-12)18(2,30)19(21,22)23)32-14(8)13-9(20)6-24-17(26-13)25-10-4-5-31-7-11(10)29/h6,10-11,29-30H,4-5,7H2,1-3H3,(H,24,25,26)/t10-,11-,18?/m1/s1. The third kappa shape index (κ3) is 3.72. The number of anilines is 1. The molecule has 3 N–H and O–H groups in total. The summed E-state index contributed by atoms with van der Waals surface area (Å²) < 4.78 is 61.4. The molecule has 3 atom stereocenters. The van der Waals surface area contributed by atoms with E-state index < -0.39 is 29.4 Å². The Bertz CT molecular complexity index is 1160. The average molecular weight is 475 g/mol. The molecule has 0 spiro atoms. The lowest BCUT2D eigenvalue weighted by atomic mass is 10.0. The molecule has 0 aliphatic carbocycles. The number of aliphatic hydroxyl groups excluding tert-OH is 1. The molecule has 1 unspecified atom stereocenters. The quantitative estimate of drug-likeness (QED) is 0.499. The van der Waals surface area contributed by atoms with E-state index in [1.807, 2.05) is 0 Å². The van der Waals surface area contributed by atoms with Crippen molar-refractivity contribution in [2.24, 2.45) is 7.05 Å². The summed E-state index contributed by atoms with van der Waals surface area (Å²) in [7, 11) is 1.31. The Morgan fingerprint density at radius 1 is 1.34 bits per heavy atom. The van der Waals surface area contributed by atoms with Crippen LogP contribution < -0.4 is 5.32 Å². The van der Waals surface area contributed by atoms with Crippen molar-refractivity contribution in [1.82, 2.24) is 19.7 Å². The molecule has 3 aromatic rings. The first-order valence-corrected chi connectivity index (χ1v) is 10.5. The van der Waals surface area contributed by atoms with Gasteiger partial charge < -0.3 is 20.3 Å². The van der Waals surface area contributed by atoms with Crippen LogP contribution in [0.15, 0.2) is 6.20 Å². The Hall–Kier alpha value is -2.35. The maximum atomic E-state index is 14.7. The average Bonchev–Trinajstić information content (AvgIpc) is 3.19. The smallest absolute Gasteiger partial charge is 0.389 e. The summed E-state index contributed by atoms with van der Waals surface area (Å²) in [5.41, 5.74) is -3.04. The summed E-state index contributed by atoms with van der Waals surface area (Å²) in [6, 6.07) is -0.387. The van der Waals surface area contributed by atoms with E-state index in [0.29, 0.717) is 25.5 Å². The summed E-state index contributed by atoms with van der Waals surface area (Å²) in [4.78, 5) is 8.40. The second kappa shape index (κ2) is 7.90. The number of hydrogen-bond acceptors (Lipinski definition) is 8. The zero-order chi connectivity index (χ0) is 23.4. The van der Waals surface area contributed by atoms with Gasteiger partial charge in [0.25, 0.3) is 0 Å². The van der Waals surface area contributed by atoms with E-state index in [-0.39, 0.29) is 39.4 Å². The Morgan fingerprint density at radius 2 is 2.06 bits per heavy atom.